The van der Waals surface area contributed by atoms with Crippen molar-refractivity contribution < 1.29 is 4.79 Å². The molecule has 0 radical (unpaired) electrons. The third-order valence-corrected chi connectivity index (χ3v) is 5.37. The first-order chi connectivity index (χ1) is 10.7. The van der Waals surface area contributed by atoms with E-state index in [1.165, 1.54) is 16.0 Å². The van der Waals surface area contributed by atoms with Gasteiger partial charge in [0.05, 0.1) is 6.04 Å². The summed E-state index contributed by atoms with van der Waals surface area (Å²) in [6, 6.07) is 13.2. The van der Waals surface area contributed by atoms with Crippen molar-refractivity contribution in [2.45, 2.75) is 45.1 Å². The quantitative estimate of drug-likeness (QED) is 0.780. The van der Waals surface area contributed by atoms with Crippen LogP contribution in [-0.4, -0.2) is 17.4 Å². The molecule has 1 atom stereocenters. The minimum Gasteiger partial charge on any atom is -0.336 e. The zero-order valence-electron chi connectivity index (χ0n) is 13.1. The molecule has 1 unspecified atom stereocenters. The minimum absolute atomic E-state index is 0.287. The van der Waals surface area contributed by atoms with Gasteiger partial charge in [0.1, 0.15) is 0 Å². The first-order valence-electron chi connectivity index (χ1n) is 8.12. The Morgan fingerprint density at radius 1 is 1.27 bits per heavy atom. The van der Waals surface area contributed by atoms with Crippen LogP contribution < -0.4 is 0 Å². The molecule has 2 nitrogen and oxygen atoms in total. The lowest BCUT2D eigenvalue weighted by atomic mass is 10.0. The number of amides is 1. The van der Waals surface area contributed by atoms with Crippen LogP contribution in [0.2, 0.25) is 0 Å². The first kappa shape index (κ1) is 15.3. The Morgan fingerprint density at radius 2 is 2.09 bits per heavy atom. The molecule has 1 amide bonds. The summed E-state index contributed by atoms with van der Waals surface area (Å²) in [5, 5.41) is 2.10. The Kier molecular flexibility index (Phi) is 4.94. The number of likely N-dealkylation sites (tertiary alicyclic amines) is 1. The van der Waals surface area contributed by atoms with E-state index in [1.807, 2.05) is 0 Å². The van der Waals surface area contributed by atoms with Gasteiger partial charge in [-0.1, -0.05) is 35.9 Å². The number of nitrogens with zero attached hydrogens (tertiary/aromatic N) is 1. The van der Waals surface area contributed by atoms with E-state index < -0.39 is 0 Å². The van der Waals surface area contributed by atoms with Gasteiger partial charge in [0.25, 0.3) is 0 Å². The van der Waals surface area contributed by atoms with Gasteiger partial charge < -0.3 is 4.90 Å². The summed E-state index contributed by atoms with van der Waals surface area (Å²) in [7, 11) is 0. The maximum absolute atomic E-state index is 12.6. The molecule has 1 aliphatic heterocycles. The topological polar surface area (TPSA) is 20.3 Å². The van der Waals surface area contributed by atoms with Crippen molar-refractivity contribution in [2.24, 2.45) is 0 Å². The lowest BCUT2D eigenvalue weighted by Gasteiger charge is -2.25. The van der Waals surface area contributed by atoms with E-state index in [0.29, 0.717) is 12.3 Å². The monoisotopic (exact) mass is 313 g/mol. The number of benzene rings is 1. The molecular formula is C19H23NOS. The van der Waals surface area contributed by atoms with E-state index in [1.54, 1.807) is 11.3 Å². The highest BCUT2D eigenvalue weighted by atomic mass is 32.1. The average molecular weight is 313 g/mol. The predicted octanol–water partition coefficient (Wildman–Crippen LogP) is 4.74. The van der Waals surface area contributed by atoms with Crippen LogP contribution >= 0.6 is 11.3 Å². The summed E-state index contributed by atoms with van der Waals surface area (Å²) in [5.74, 6) is 0.319. The van der Waals surface area contributed by atoms with E-state index in [0.717, 1.165) is 32.2 Å². The van der Waals surface area contributed by atoms with Gasteiger partial charge in [-0.05, 0) is 49.6 Å². The Morgan fingerprint density at radius 3 is 2.82 bits per heavy atom. The summed E-state index contributed by atoms with van der Waals surface area (Å²) >= 11 is 1.78. The predicted molar refractivity (Wildman–Crippen MR) is 92.1 cm³/mol. The van der Waals surface area contributed by atoms with Crippen LogP contribution in [0.5, 0.6) is 0 Å². The molecule has 22 heavy (non-hydrogen) atoms. The molecule has 0 N–H and O–H groups in total. The van der Waals surface area contributed by atoms with Crippen molar-refractivity contribution in [1.29, 1.82) is 0 Å². The molecular weight excluding hydrogens is 290 g/mol. The molecule has 0 bridgehead atoms. The largest absolute Gasteiger partial charge is 0.336 e. The maximum Gasteiger partial charge on any atom is 0.223 e. The van der Waals surface area contributed by atoms with Gasteiger partial charge in [-0.15, -0.1) is 11.3 Å². The minimum atomic E-state index is 0.287. The van der Waals surface area contributed by atoms with Gasteiger partial charge in [0, 0.05) is 17.8 Å². The number of rotatable bonds is 5. The normalized spacial score (nSPS) is 17.9. The fourth-order valence-corrected chi connectivity index (χ4v) is 3.96. The molecule has 0 spiro atoms. The van der Waals surface area contributed by atoms with Crippen LogP contribution in [0.25, 0.3) is 0 Å². The average Bonchev–Trinajstić information content (AvgIpc) is 3.19. The van der Waals surface area contributed by atoms with E-state index in [9.17, 15) is 4.79 Å². The van der Waals surface area contributed by atoms with Crippen LogP contribution in [0.1, 0.15) is 47.7 Å². The first-order valence-corrected chi connectivity index (χ1v) is 9.00. The standard InChI is InChI=1S/C19H23NOS/c1-15-9-11-16(12-10-15)18-7-3-13-20(18)19(21)8-2-5-17-6-4-14-22-17/h4,6,9-12,14,18H,2-3,5,7-8,13H2,1H3. The molecule has 3 rings (SSSR count). The Labute approximate surface area is 136 Å². The van der Waals surface area contributed by atoms with Crippen LogP contribution in [-0.2, 0) is 11.2 Å². The van der Waals surface area contributed by atoms with Crippen molar-refractivity contribution in [3.63, 3.8) is 0 Å². The smallest absolute Gasteiger partial charge is 0.223 e. The Balaban J connectivity index is 1.57. The summed E-state index contributed by atoms with van der Waals surface area (Å²) in [6.07, 6.45) is 4.86. The number of hydrogen-bond donors (Lipinski definition) is 0. The zero-order valence-corrected chi connectivity index (χ0v) is 13.9. The molecule has 0 saturated carbocycles. The van der Waals surface area contributed by atoms with Crippen LogP contribution in [0.4, 0.5) is 0 Å². The highest BCUT2D eigenvalue weighted by Crippen LogP contribution is 2.32. The van der Waals surface area contributed by atoms with Crippen LogP contribution in [0.3, 0.4) is 0 Å². The molecule has 1 aromatic heterocycles. The number of thiophene rings is 1. The lowest BCUT2D eigenvalue weighted by molar-refractivity contribution is -0.132. The van der Waals surface area contributed by atoms with Crippen molar-refractivity contribution in [1.82, 2.24) is 4.90 Å². The van der Waals surface area contributed by atoms with Gasteiger partial charge in [0.15, 0.2) is 0 Å². The molecule has 2 heterocycles. The van der Waals surface area contributed by atoms with Crippen molar-refractivity contribution in [2.75, 3.05) is 6.54 Å². The van der Waals surface area contributed by atoms with Crippen molar-refractivity contribution in [3.05, 3.63) is 57.8 Å². The van der Waals surface area contributed by atoms with E-state index in [-0.39, 0.29) is 6.04 Å². The number of aryl methyl sites for hydroxylation is 2. The van der Waals surface area contributed by atoms with Crippen molar-refractivity contribution in [3.8, 4) is 0 Å². The second-order valence-corrected chi connectivity index (χ2v) is 7.12. The highest BCUT2D eigenvalue weighted by molar-refractivity contribution is 7.09. The van der Waals surface area contributed by atoms with Gasteiger partial charge in [-0.2, -0.15) is 0 Å². The Bertz CT molecular complexity index is 603. The molecule has 1 saturated heterocycles. The van der Waals surface area contributed by atoms with Crippen molar-refractivity contribution >= 4 is 17.2 Å². The van der Waals surface area contributed by atoms with Gasteiger partial charge in [-0.25, -0.2) is 0 Å². The third kappa shape index (κ3) is 3.58. The highest BCUT2D eigenvalue weighted by Gasteiger charge is 2.29. The van der Waals surface area contributed by atoms with Gasteiger partial charge in [-0.3, -0.25) is 4.79 Å². The van der Waals surface area contributed by atoms with Crippen LogP contribution in [0, 0.1) is 6.92 Å². The molecule has 1 aliphatic rings. The SMILES string of the molecule is Cc1ccc(C2CCCN2C(=O)CCCc2cccs2)cc1. The molecule has 116 valence electrons. The maximum atomic E-state index is 12.6. The number of carbonyl (C=O) groups excluding carboxylic acids is 1. The lowest BCUT2D eigenvalue weighted by Crippen LogP contribution is -2.30. The molecule has 2 aromatic rings. The van der Waals surface area contributed by atoms with E-state index >= 15 is 0 Å². The van der Waals surface area contributed by atoms with Crippen LogP contribution in [0.15, 0.2) is 41.8 Å². The zero-order chi connectivity index (χ0) is 15.4. The summed E-state index contributed by atoms with van der Waals surface area (Å²) in [6.45, 7) is 3.02. The second-order valence-electron chi connectivity index (χ2n) is 6.09. The van der Waals surface area contributed by atoms with Gasteiger partial charge in [0.2, 0.25) is 5.91 Å². The molecule has 3 heteroatoms. The number of hydrogen-bond acceptors (Lipinski definition) is 2. The Hall–Kier alpha value is -1.61. The van der Waals surface area contributed by atoms with Gasteiger partial charge >= 0.3 is 0 Å². The third-order valence-electron chi connectivity index (χ3n) is 4.43. The summed E-state index contributed by atoms with van der Waals surface area (Å²) in [4.78, 5) is 16.0. The fourth-order valence-electron chi connectivity index (χ4n) is 3.21. The molecule has 1 fully saturated rings. The molecule has 0 aliphatic carbocycles. The summed E-state index contributed by atoms with van der Waals surface area (Å²) in [5.41, 5.74) is 2.56. The molecule has 1 aromatic carbocycles. The van der Waals surface area contributed by atoms with E-state index in [4.69, 9.17) is 0 Å². The number of carbonyl (C=O) groups is 1. The summed E-state index contributed by atoms with van der Waals surface area (Å²) < 4.78 is 0. The second kappa shape index (κ2) is 7.10. The van der Waals surface area contributed by atoms with E-state index in [2.05, 4.69) is 53.6 Å². The fraction of sp³-hybridized carbons (Fsp3) is 0.421.